The van der Waals surface area contributed by atoms with Crippen LogP contribution in [0.2, 0.25) is 0 Å². The molecule has 0 fully saturated rings. The number of hydrogen-bond acceptors (Lipinski definition) is 3. The predicted molar refractivity (Wildman–Crippen MR) is 63.7 cm³/mol. The largest absolute Gasteiger partial charge is 0.395 e. The first-order valence-electron chi connectivity index (χ1n) is 5.11. The molecule has 0 atom stereocenters. The fraction of sp³-hybridized carbons (Fsp3) is 0.700. The van der Waals surface area contributed by atoms with E-state index in [4.69, 9.17) is 5.11 Å². The van der Waals surface area contributed by atoms with E-state index in [-0.39, 0.29) is 6.61 Å². The summed E-state index contributed by atoms with van der Waals surface area (Å²) in [6.07, 6.45) is 0. The van der Waals surface area contributed by atoms with Crippen LogP contribution in [0.5, 0.6) is 0 Å². The molecule has 0 saturated carbocycles. The number of nitrogens with zero attached hydrogens (tertiary/aromatic N) is 3. The van der Waals surface area contributed by atoms with Gasteiger partial charge in [0.05, 0.1) is 22.5 Å². The van der Waals surface area contributed by atoms with Crippen LogP contribution in [0.25, 0.3) is 0 Å². The Labute approximate surface area is 99.0 Å². The van der Waals surface area contributed by atoms with Crippen molar-refractivity contribution in [1.82, 2.24) is 14.7 Å². The molecule has 1 aromatic heterocycles. The van der Waals surface area contributed by atoms with E-state index in [1.54, 1.807) is 0 Å². The maximum Gasteiger partial charge on any atom is 0.0739 e. The molecular weight excluding hydrogens is 258 g/mol. The van der Waals surface area contributed by atoms with Gasteiger partial charge >= 0.3 is 0 Å². The molecule has 0 unspecified atom stereocenters. The minimum Gasteiger partial charge on any atom is -0.395 e. The van der Waals surface area contributed by atoms with Gasteiger partial charge in [-0.05, 0) is 29.4 Å². The molecule has 0 saturated heterocycles. The fourth-order valence-electron chi connectivity index (χ4n) is 1.55. The monoisotopic (exact) mass is 275 g/mol. The third kappa shape index (κ3) is 3.03. The summed E-state index contributed by atoms with van der Waals surface area (Å²) in [7, 11) is 1.94. The van der Waals surface area contributed by atoms with Gasteiger partial charge in [0, 0.05) is 20.1 Å². The van der Waals surface area contributed by atoms with Gasteiger partial charge in [-0.2, -0.15) is 5.10 Å². The van der Waals surface area contributed by atoms with Gasteiger partial charge in [0.2, 0.25) is 0 Å². The first kappa shape index (κ1) is 12.7. The van der Waals surface area contributed by atoms with Crippen molar-refractivity contribution < 1.29 is 5.11 Å². The Bertz CT molecular complexity index is 325. The van der Waals surface area contributed by atoms with Crippen LogP contribution in [0.1, 0.15) is 18.3 Å². The summed E-state index contributed by atoms with van der Waals surface area (Å²) in [5.74, 6) is 0. The first-order chi connectivity index (χ1) is 7.10. The minimum absolute atomic E-state index is 0.197. The highest BCUT2D eigenvalue weighted by atomic mass is 79.9. The molecule has 1 aromatic rings. The number of aromatic nitrogens is 2. The Balaban J connectivity index is 2.78. The number of aliphatic hydroxyl groups is 1. The maximum absolute atomic E-state index is 8.91. The molecule has 15 heavy (non-hydrogen) atoms. The Morgan fingerprint density at radius 2 is 2.20 bits per heavy atom. The van der Waals surface area contributed by atoms with Crippen molar-refractivity contribution in [3.05, 3.63) is 15.9 Å². The van der Waals surface area contributed by atoms with Gasteiger partial charge in [-0.1, -0.05) is 6.92 Å². The summed E-state index contributed by atoms with van der Waals surface area (Å²) in [5.41, 5.74) is 2.16. The summed E-state index contributed by atoms with van der Waals surface area (Å²) in [4.78, 5) is 2.18. The first-order valence-corrected chi connectivity index (χ1v) is 5.90. The molecule has 0 bridgehead atoms. The highest BCUT2D eigenvalue weighted by Crippen LogP contribution is 2.21. The number of aliphatic hydroxyl groups excluding tert-OH is 1. The van der Waals surface area contributed by atoms with Crippen molar-refractivity contribution in [3.8, 4) is 0 Å². The zero-order valence-corrected chi connectivity index (χ0v) is 11.1. The number of likely N-dealkylation sites (N-methyl/N-ethyl adjacent to an activating group) is 1. The summed E-state index contributed by atoms with van der Waals surface area (Å²) < 4.78 is 2.96. The molecule has 5 heteroatoms. The quantitative estimate of drug-likeness (QED) is 0.881. The van der Waals surface area contributed by atoms with E-state index >= 15 is 0 Å². The second-order valence-corrected chi connectivity index (χ2v) is 4.36. The summed E-state index contributed by atoms with van der Waals surface area (Å²) in [5, 5.41) is 13.3. The molecule has 0 aliphatic carbocycles. The number of hydrogen-bond donors (Lipinski definition) is 1. The Kier molecular flexibility index (Phi) is 4.76. The predicted octanol–water partition coefficient (Wildman–Crippen LogP) is 1.31. The maximum atomic E-state index is 8.91. The SMILES string of the molecule is CCN(CCO)Cc1c(Br)c(C)nn1C. The van der Waals surface area contributed by atoms with Crippen LogP contribution < -0.4 is 0 Å². The average molecular weight is 276 g/mol. The summed E-state index contributed by atoms with van der Waals surface area (Å²) >= 11 is 3.54. The van der Waals surface area contributed by atoms with Gasteiger partial charge in [0.1, 0.15) is 0 Å². The molecule has 86 valence electrons. The van der Waals surface area contributed by atoms with Crippen molar-refractivity contribution in [2.24, 2.45) is 7.05 Å². The molecule has 1 N–H and O–H groups in total. The Morgan fingerprint density at radius 3 is 2.60 bits per heavy atom. The zero-order valence-electron chi connectivity index (χ0n) is 9.50. The summed E-state index contributed by atoms with van der Waals surface area (Å²) in [6, 6.07) is 0. The van der Waals surface area contributed by atoms with Gasteiger partial charge in [-0.15, -0.1) is 0 Å². The van der Waals surface area contributed by atoms with Crippen LogP contribution in [0.15, 0.2) is 4.47 Å². The fourth-order valence-corrected chi connectivity index (χ4v) is 2.02. The molecule has 0 radical (unpaired) electrons. The second-order valence-electron chi connectivity index (χ2n) is 3.56. The third-order valence-corrected chi connectivity index (χ3v) is 3.53. The minimum atomic E-state index is 0.197. The number of halogens is 1. The molecule has 0 spiro atoms. The lowest BCUT2D eigenvalue weighted by Crippen LogP contribution is -2.27. The van der Waals surface area contributed by atoms with E-state index in [1.165, 1.54) is 0 Å². The number of rotatable bonds is 5. The molecule has 1 rings (SSSR count). The molecule has 0 aliphatic rings. The molecule has 0 aromatic carbocycles. The lowest BCUT2D eigenvalue weighted by atomic mass is 10.3. The Morgan fingerprint density at radius 1 is 1.53 bits per heavy atom. The van der Waals surface area contributed by atoms with Crippen molar-refractivity contribution >= 4 is 15.9 Å². The van der Waals surface area contributed by atoms with Gasteiger partial charge in [0.25, 0.3) is 0 Å². The molecule has 0 amide bonds. The van der Waals surface area contributed by atoms with E-state index < -0.39 is 0 Å². The van der Waals surface area contributed by atoms with E-state index in [0.29, 0.717) is 6.54 Å². The normalized spacial score (nSPS) is 11.3. The standard InChI is InChI=1S/C10H18BrN3O/c1-4-14(5-6-15)7-9-10(11)8(2)12-13(9)3/h15H,4-7H2,1-3H3. The zero-order chi connectivity index (χ0) is 11.4. The van der Waals surface area contributed by atoms with Crippen molar-refractivity contribution in [2.45, 2.75) is 20.4 Å². The van der Waals surface area contributed by atoms with Crippen molar-refractivity contribution in [1.29, 1.82) is 0 Å². The highest BCUT2D eigenvalue weighted by Gasteiger charge is 2.13. The Hall–Kier alpha value is -0.390. The van der Waals surface area contributed by atoms with Crippen LogP contribution in [0.3, 0.4) is 0 Å². The van der Waals surface area contributed by atoms with E-state index in [0.717, 1.165) is 29.0 Å². The lowest BCUT2D eigenvalue weighted by molar-refractivity contribution is 0.193. The van der Waals surface area contributed by atoms with Gasteiger partial charge in [-0.3, -0.25) is 9.58 Å². The average Bonchev–Trinajstić information content (AvgIpc) is 2.44. The van der Waals surface area contributed by atoms with Crippen LogP contribution in [0.4, 0.5) is 0 Å². The smallest absolute Gasteiger partial charge is 0.0739 e. The molecule has 4 nitrogen and oxygen atoms in total. The van der Waals surface area contributed by atoms with E-state index in [9.17, 15) is 0 Å². The van der Waals surface area contributed by atoms with Crippen LogP contribution >= 0.6 is 15.9 Å². The van der Waals surface area contributed by atoms with E-state index in [2.05, 4.69) is 32.9 Å². The third-order valence-electron chi connectivity index (χ3n) is 2.50. The van der Waals surface area contributed by atoms with Gasteiger partial charge in [0.15, 0.2) is 0 Å². The second kappa shape index (κ2) is 5.63. The topological polar surface area (TPSA) is 41.3 Å². The highest BCUT2D eigenvalue weighted by molar-refractivity contribution is 9.10. The van der Waals surface area contributed by atoms with Gasteiger partial charge < -0.3 is 5.11 Å². The summed E-state index contributed by atoms with van der Waals surface area (Å²) in [6.45, 7) is 6.71. The van der Waals surface area contributed by atoms with Crippen LogP contribution in [0, 0.1) is 6.92 Å². The van der Waals surface area contributed by atoms with E-state index in [1.807, 2.05) is 18.7 Å². The van der Waals surface area contributed by atoms with Gasteiger partial charge in [-0.25, -0.2) is 0 Å². The molecule has 0 aliphatic heterocycles. The molecular formula is C10H18BrN3O. The van der Waals surface area contributed by atoms with Crippen LogP contribution in [-0.2, 0) is 13.6 Å². The lowest BCUT2D eigenvalue weighted by Gasteiger charge is -2.19. The van der Waals surface area contributed by atoms with Crippen LogP contribution in [-0.4, -0.2) is 39.5 Å². The van der Waals surface area contributed by atoms with Crippen molar-refractivity contribution in [2.75, 3.05) is 19.7 Å². The van der Waals surface area contributed by atoms with Crippen molar-refractivity contribution in [3.63, 3.8) is 0 Å². The number of aryl methyl sites for hydroxylation is 2. The molecule has 1 heterocycles.